The van der Waals surface area contributed by atoms with E-state index in [0.29, 0.717) is 17.5 Å². The van der Waals surface area contributed by atoms with Crippen LogP contribution in [0.3, 0.4) is 0 Å². The molecular formula is C21H21N3O5S. The van der Waals surface area contributed by atoms with E-state index in [9.17, 15) is 22.8 Å². The Morgan fingerprint density at radius 1 is 0.933 bits per heavy atom. The third-order valence-corrected chi connectivity index (χ3v) is 6.99. The van der Waals surface area contributed by atoms with Gasteiger partial charge in [-0.25, -0.2) is 8.42 Å². The van der Waals surface area contributed by atoms with Crippen LogP contribution in [0.4, 0.5) is 0 Å². The van der Waals surface area contributed by atoms with Crippen LogP contribution in [0.25, 0.3) is 11.0 Å². The van der Waals surface area contributed by atoms with Crippen molar-refractivity contribution in [1.29, 1.82) is 0 Å². The lowest BCUT2D eigenvalue weighted by molar-refractivity contribution is -0.122. The molecule has 0 spiro atoms. The van der Waals surface area contributed by atoms with Gasteiger partial charge in [0.05, 0.1) is 29.1 Å². The first-order valence-electron chi connectivity index (χ1n) is 9.60. The van der Waals surface area contributed by atoms with Crippen LogP contribution in [0.5, 0.6) is 0 Å². The van der Waals surface area contributed by atoms with Gasteiger partial charge >= 0.3 is 11.1 Å². The zero-order chi connectivity index (χ0) is 21.3. The molecule has 8 nitrogen and oxygen atoms in total. The molecular weight excluding hydrogens is 406 g/mol. The quantitative estimate of drug-likeness (QED) is 0.597. The van der Waals surface area contributed by atoms with E-state index in [1.54, 1.807) is 24.3 Å². The van der Waals surface area contributed by atoms with Gasteiger partial charge in [0, 0.05) is 6.04 Å². The minimum absolute atomic E-state index is 0.0381. The highest BCUT2D eigenvalue weighted by Crippen LogP contribution is 2.14. The molecule has 1 aliphatic heterocycles. The molecule has 0 radical (unpaired) electrons. The van der Waals surface area contributed by atoms with Crippen LogP contribution in [-0.2, 0) is 27.7 Å². The number of amides is 1. The summed E-state index contributed by atoms with van der Waals surface area (Å²) in [4.78, 5) is 38.1. The number of benzene rings is 2. The van der Waals surface area contributed by atoms with Gasteiger partial charge in [-0.3, -0.25) is 23.5 Å². The van der Waals surface area contributed by atoms with Crippen molar-refractivity contribution in [2.75, 3.05) is 11.5 Å². The molecule has 1 aliphatic rings. The Kier molecular flexibility index (Phi) is 5.29. The van der Waals surface area contributed by atoms with Gasteiger partial charge in [-0.1, -0.05) is 42.5 Å². The van der Waals surface area contributed by atoms with E-state index in [1.807, 2.05) is 30.3 Å². The second kappa shape index (κ2) is 7.91. The number of rotatable bonds is 5. The lowest BCUT2D eigenvalue weighted by Crippen LogP contribution is -2.45. The van der Waals surface area contributed by atoms with Crippen molar-refractivity contribution in [2.24, 2.45) is 0 Å². The normalized spacial score (nSPS) is 17.8. The summed E-state index contributed by atoms with van der Waals surface area (Å²) in [6, 6.07) is 15.8. The minimum atomic E-state index is -3.14. The number of hydrogen-bond donors (Lipinski definition) is 1. The smallest absolute Gasteiger partial charge is 0.317 e. The first-order chi connectivity index (χ1) is 14.3. The van der Waals surface area contributed by atoms with Crippen molar-refractivity contribution in [2.45, 2.75) is 25.6 Å². The van der Waals surface area contributed by atoms with E-state index in [-0.39, 0.29) is 24.6 Å². The fraction of sp³-hybridized carbons (Fsp3) is 0.286. The van der Waals surface area contributed by atoms with Gasteiger partial charge in [-0.15, -0.1) is 0 Å². The molecule has 1 saturated heterocycles. The standard InChI is InChI=1S/C21H21N3O5S/c25-19(22-16-10-11-30(28,29)14-16)13-24-18-9-5-4-8-17(18)23(20(26)21(24)27)12-15-6-2-1-3-7-15/h1-9,16H,10-14H2,(H,22,25). The predicted molar refractivity (Wildman–Crippen MR) is 113 cm³/mol. The summed E-state index contributed by atoms with van der Waals surface area (Å²) in [6.07, 6.45) is 0.350. The van der Waals surface area contributed by atoms with Crippen LogP contribution in [0.1, 0.15) is 12.0 Å². The highest BCUT2D eigenvalue weighted by atomic mass is 32.2. The zero-order valence-corrected chi connectivity index (χ0v) is 17.0. The van der Waals surface area contributed by atoms with Crippen molar-refractivity contribution in [3.05, 3.63) is 80.9 Å². The molecule has 2 aromatic carbocycles. The average molecular weight is 427 g/mol. The Hall–Kier alpha value is -3.20. The van der Waals surface area contributed by atoms with Gasteiger partial charge < -0.3 is 5.32 Å². The second-order valence-corrected chi connectivity index (χ2v) is 9.65. The second-order valence-electron chi connectivity index (χ2n) is 7.42. The van der Waals surface area contributed by atoms with Crippen molar-refractivity contribution in [1.82, 2.24) is 14.5 Å². The fourth-order valence-electron chi connectivity index (χ4n) is 3.78. The van der Waals surface area contributed by atoms with Crippen molar-refractivity contribution in [3.63, 3.8) is 0 Å². The monoisotopic (exact) mass is 427 g/mol. The molecule has 3 aromatic rings. The van der Waals surface area contributed by atoms with Crippen LogP contribution in [0, 0.1) is 0 Å². The lowest BCUT2D eigenvalue weighted by Gasteiger charge is -2.16. The Morgan fingerprint density at radius 3 is 2.17 bits per heavy atom. The topological polar surface area (TPSA) is 107 Å². The fourth-order valence-corrected chi connectivity index (χ4v) is 5.45. The van der Waals surface area contributed by atoms with E-state index in [1.165, 1.54) is 4.57 Å². The van der Waals surface area contributed by atoms with Gasteiger partial charge in [0.25, 0.3) is 0 Å². The summed E-state index contributed by atoms with van der Waals surface area (Å²) in [5.74, 6) is -0.562. The Bertz CT molecular complexity index is 1330. The summed E-state index contributed by atoms with van der Waals surface area (Å²) in [7, 11) is -3.14. The van der Waals surface area contributed by atoms with Gasteiger partial charge in [-0.2, -0.15) is 0 Å². The number of hydrogen-bond acceptors (Lipinski definition) is 5. The predicted octanol–water partition coefficient (Wildman–Crippen LogP) is 0.515. The molecule has 1 aromatic heterocycles. The van der Waals surface area contributed by atoms with Crippen molar-refractivity contribution in [3.8, 4) is 0 Å². The van der Waals surface area contributed by atoms with Crippen LogP contribution in [-0.4, -0.2) is 41.0 Å². The van der Waals surface area contributed by atoms with Gasteiger partial charge in [0.15, 0.2) is 9.84 Å². The number of sulfone groups is 1. The number of nitrogens with one attached hydrogen (secondary N) is 1. The summed E-state index contributed by atoms with van der Waals surface area (Å²) < 4.78 is 25.7. The Balaban J connectivity index is 1.69. The van der Waals surface area contributed by atoms with Crippen LogP contribution in [0.15, 0.2) is 64.2 Å². The highest BCUT2D eigenvalue weighted by Gasteiger charge is 2.29. The van der Waals surface area contributed by atoms with Crippen molar-refractivity contribution >= 4 is 26.8 Å². The summed E-state index contributed by atoms with van der Waals surface area (Å²) in [6.45, 7) is -0.111. The summed E-state index contributed by atoms with van der Waals surface area (Å²) in [5.41, 5.74) is 0.379. The third-order valence-electron chi connectivity index (χ3n) is 5.22. The van der Waals surface area contributed by atoms with E-state index in [2.05, 4.69) is 5.32 Å². The lowest BCUT2D eigenvalue weighted by atomic mass is 10.2. The van der Waals surface area contributed by atoms with Crippen LogP contribution >= 0.6 is 0 Å². The molecule has 0 saturated carbocycles. The molecule has 0 aliphatic carbocycles. The first-order valence-corrected chi connectivity index (χ1v) is 11.4. The van der Waals surface area contributed by atoms with E-state index < -0.39 is 32.9 Å². The van der Waals surface area contributed by atoms with Crippen molar-refractivity contribution < 1.29 is 13.2 Å². The molecule has 156 valence electrons. The summed E-state index contributed by atoms with van der Waals surface area (Å²) in [5, 5.41) is 2.66. The van der Waals surface area contributed by atoms with Gasteiger partial charge in [0.2, 0.25) is 5.91 Å². The number of aromatic nitrogens is 2. The summed E-state index contributed by atoms with van der Waals surface area (Å²) >= 11 is 0. The number of para-hydroxylation sites is 2. The van der Waals surface area contributed by atoms with Gasteiger partial charge in [0.1, 0.15) is 6.54 Å². The maximum absolute atomic E-state index is 12.8. The van der Waals surface area contributed by atoms with Crippen LogP contribution in [0.2, 0.25) is 0 Å². The van der Waals surface area contributed by atoms with E-state index >= 15 is 0 Å². The molecule has 1 unspecified atom stereocenters. The largest absolute Gasteiger partial charge is 0.351 e. The van der Waals surface area contributed by atoms with E-state index in [4.69, 9.17) is 0 Å². The van der Waals surface area contributed by atoms with E-state index in [0.717, 1.165) is 10.1 Å². The van der Waals surface area contributed by atoms with Crippen LogP contribution < -0.4 is 16.4 Å². The zero-order valence-electron chi connectivity index (χ0n) is 16.2. The maximum Gasteiger partial charge on any atom is 0.317 e. The SMILES string of the molecule is O=C(Cn1c(=O)c(=O)n(Cc2ccccc2)c2ccccc21)NC1CCS(=O)(=O)C1. The molecule has 1 fully saturated rings. The molecule has 30 heavy (non-hydrogen) atoms. The number of nitrogens with zero attached hydrogens (tertiary/aromatic N) is 2. The molecule has 1 N–H and O–H groups in total. The molecule has 9 heteroatoms. The number of fused-ring (bicyclic) bond motifs is 1. The molecule has 1 atom stereocenters. The third kappa shape index (κ3) is 4.06. The van der Waals surface area contributed by atoms with Gasteiger partial charge in [-0.05, 0) is 24.1 Å². The Labute approximate surface area is 172 Å². The molecule has 2 heterocycles. The highest BCUT2D eigenvalue weighted by molar-refractivity contribution is 7.91. The Morgan fingerprint density at radius 2 is 1.53 bits per heavy atom. The maximum atomic E-state index is 12.8. The first kappa shape index (κ1) is 20.1. The minimum Gasteiger partial charge on any atom is -0.351 e. The molecule has 0 bridgehead atoms. The molecule has 4 rings (SSSR count). The number of carbonyl (C=O) groups is 1. The molecule has 1 amide bonds. The average Bonchev–Trinajstić information content (AvgIpc) is 3.07. The number of carbonyl (C=O) groups excluding carboxylic acids is 1.